The Labute approximate surface area is 228 Å². The quantitative estimate of drug-likeness (QED) is 0.337. The number of halogens is 3. The molecule has 0 saturated carbocycles. The number of hydrogen-bond donors (Lipinski definition) is 1. The second kappa shape index (κ2) is 9.98. The van der Waals surface area contributed by atoms with Crippen molar-refractivity contribution in [1.29, 1.82) is 0 Å². The standard InChI is InChI=1S/C29H28F3N7O/c1-3-37-10-12-38(13-11-37)25-5-4-22(16-23(25)29(30,31)32)39-26(18-36(2)28(39)40)24-15-19(6-8-33-24)21-14-20-7-9-34-27(20)35-17-21/h4-9,14-18H,3,10-13H2,1-2H3,(H,34,35). The second-order valence-corrected chi connectivity index (χ2v) is 9.93. The molecule has 40 heavy (non-hydrogen) atoms. The molecular formula is C29H28F3N7O. The number of benzene rings is 1. The molecular weight excluding hydrogens is 519 g/mol. The third-order valence-electron chi connectivity index (χ3n) is 7.51. The van der Waals surface area contributed by atoms with Gasteiger partial charge in [-0.05, 0) is 54.6 Å². The highest BCUT2D eigenvalue weighted by atomic mass is 19.4. The molecule has 1 aliphatic rings. The Hall–Kier alpha value is -4.38. The fourth-order valence-electron chi connectivity index (χ4n) is 5.31. The van der Waals surface area contributed by atoms with Crippen LogP contribution in [-0.4, -0.2) is 61.7 Å². The predicted molar refractivity (Wildman–Crippen MR) is 149 cm³/mol. The highest BCUT2D eigenvalue weighted by Crippen LogP contribution is 2.39. The van der Waals surface area contributed by atoms with Gasteiger partial charge in [0, 0.05) is 74.7 Å². The summed E-state index contributed by atoms with van der Waals surface area (Å²) in [5.41, 5.74) is 2.33. The molecule has 1 aromatic carbocycles. The Morgan fingerprint density at radius 1 is 0.975 bits per heavy atom. The SMILES string of the molecule is CCN1CCN(c2ccc(-n3c(-c4cc(-c5cnc6[nH]ccc6c5)ccn4)cn(C)c3=O)cc2C(F)(F)F)CC1. The molecule has 0 bridgehead atoms. The maximum atomic E-state index is 14.3. The van der Waals surface area contributed by atoms with E-state index in [1.54, 1.807) is 36.6 Å². The molecule has 0 aliphatic carbocycles. The van der Waals surface area contributed by atoms with Crippen LogP contribution in [0.2, 0.25) is 0 Å². The molecule has 1 aliphatic heterocycles. The number of piperazine rings is 1. The number of hydrogen-bond acceptors (Lipinski definition) is 5. The lowest BCUT2D eigenvalue weighted by atomic mass is 10.1. The molecule has 206 valence electrons. The van der Waals surface area contributed by atoms with E-state index in [0.717, 1.165) is 34.8 Å². The molecule has 0 radical (unpaired) electrons. The molecule has 5 heterocycles. The number of fused-ring (bicyclic) bond motifs is 1. The zero-order valence-electron chi connectivity index (χ0n) is 22.1. The van der Waals surface area contributed by atoms with E-state index >= 15 is 0 Å². The first-order valence-corrected chi connectivity index (χ1v) is 13.1. The third kappa shape index (κ3) is 4.66. The summed E-state index contributed by atoms with van der Waals surface area (Å²) < 4.78 is 45.7. The van der Waals surface area contributed by atoms with Gasteiger partial charge in [-0.15, -0.1) is 0 Å². The Morgan fingerprint density at radius 3 is 2.52 bits per heavy atom. The lowest BCUT2D eigenvalue weighted by Gasteiger charge is -2.36. The molecule has 1 fully saturated rings. The molecule has 1 N–H and O–H groups in total. The van der Waals surface area contributed by atoms with E-state index in [-0.39, 0.29) is 11.4 Å². The normalized spacial score (nSPS) is 14.8. The van der Waals surface area contributed by atoms with Crippen molar-refractivity contribution < 1.29 is 13.2 Å². The van der Waals surface area contributed by atoms with Crippen LogP contribution in [0.25, 0.3) is 39.2 Å². The number of alkyl halides is 3. The van der Waals surface area contributed by atoms with Crippen molar-refractivity contribution in [3.8, 4) is 28.2 Å². The fourth-order valence-corrected chi connectivity index (χ4v) is 5.31. The summed E-state index contributed by atoms with van der Waals surface area (Å²) in [5, 5.41) is 0.948. The molecule has 4 aromatic heterocycles. The highest BCUT2D eigenvalue weighted by Gasteiger charge is 2.36. The van der Waals surface area contributed by atoms with Crippen molar-refractivity contribution in [2.45, 2.75) is 13.1 Å². The lowest BCUT2D eigenvalue weighted by molar-refractivity contribution is -0.137. The molecule has 1 saturated heterocycles. The van der Waals surface area contributed by atoms with Crippen LogP contribution in [0.3, 0.4) is 0 Å². The van der Waals surface area contributed by atoms with Gasteiger partial charge in [-0.25, -0.2) is 9.78 Å². The molecule has 0 spiro atoms. The van der Waals surface area contributed by atoms with Crippen molar-refractivity contribution in [2.75, 3.05) is 37.6 Å². The molecule has 5 aromatic rings. The summed E-state index contributed by atoms with van der Waals surface area (Å²) >= 11 is 0. The summed E-state index contributed by atoms with van der Waals surface area (Å²) in [6.07, 6.45) is 2.17. The number of aryl methyl sites for hydroxylation is 1. The Bertz CT molecular complexity index is 1740. The number of likely N-dealkylation sites (N-methyl/N-ethyl adjacent to an activating group) is 1. The Kier molecular flexibility index (Phi) is 6.46. The van der Waals surface area contributed by atoms with Crippen LogP contribution in [0, 0.1) is 0 Å². The number of H-pyrrole nitrogens is 1. The maximum Gasteiger partial charge on any atom is 0.418 e. The van der Waals surface area contributed by atoms with Gasteiger partial charge in [-0.2, -0.15) is 13.2 Å². The van der Waals surface area contributed by atoms with E-state index in [9.17, 15) is 18.0 Å². The van der Waals surface area contributed by atoms with Gasteiger partial charge in [-0.3, -0.25) is 9.55 Å². The van der Waals surface area contributed by atoms with Crippen molar-refractivity contribution >= 4 is 16.7 Å². The number of imidazole rings is 1. The van der Waals surface area contributed by atoms with E-state index in [0.29, 0.717) is 37.6 Å². The fraction of sp³-hybridized carbons (Fsp3) is 0.276. The molecule has 11 heteroatoms. The van der Waals surface area contributed by atoms with Crippen LogP contribution in [0.15, 0.2) is 72.0 Å². The van der Waals surface area contributed by atoms with Crippen LogP contribution < -0.4 is 10.6 Å². The number of aromatic nitrogens is 5. The number of nitrogens with zero attached hydrogens (tertiary/aromatic N) is 6. The van der Waals surface area contributed by atoms with Gasteiger partial charge >= 0.3 is 11.9 Å². The Balaban J connectivity index is 1.42. The van der Waals surface area contributed by atoms with E-state index in [4.69, 9.17) is 0 Å². The Morgan fingerprint density at radius 2 is 1.77 bits per heavy atom. The monoisotopic (exact) mass is 547 g/mol. The van der Waals surface area contributed by atoms with Crippen molar-refractivity contribution in [3.63, 3.8) is 0 Å². The van der Waals surface area contributed by atoms with Crippen molar-refractivity contribution in [3.05, 3.63) is 83.3 Å². The summed E-state index contributed by atoms with van der Waals surface area (Å²) in [6.45, 7) is 5.33. The van der Waals surface area contributed by atoms with E-state index in [1.807, 2.05) is 37.4 Å². The van der Waals surface area contributed by atoms with Gasteiger partial charge in [0.2, 0.25) is 0 Å². The molecule has 0 amide bonds. The number of pyridine rings is 2. The number of anilines is 1. The first-order valence-electron chi connectivity index (χ1n) is 13.1. The summed E-state index contributed by atoms with van der Waals surface area (Å²) in [4.78, 5) is 29.2. The number of rotatable bonds is 5. The van der Waals surface area contributed by atoms with E-state index in [1.165, 1.54) is 15.2 Å². The molecule has 8 nitrogen and oxygen atoms in total. The minimum absolute atomic E-state index is 0.130. The maximum absolute atomic E-state index is 14.3. The van der Waals surface area contributed by atoms with Gasteiger partial charge in [-0.1, -0.05) is 6.92 Å². The summed E-state index contributed by atoms with van der Waals surface area (Å²) in [6, 6.07) is 11.7. The second-order valence-electron chi connectivity index (χ2n) is 9.93. The van der Waals surface area contributed by atoms with Crippen molar-refractivity contribution in [1.82, 2.24) is 29.0 Å². The van der Waals surface area contributed by atoms with Gasteiger partial charge in [0.25, 0.3) is 0 Å². The zero-order chi connectivity index (χ0) is 28.0. The van der Waals surface area contributed by atoms with E-state index in [2.05, 4.69) is 19.9 Å². The van der Waals surface area contributed by atoms with Crippen LogP contribution in [-0.2, 0) is 13.2 Å². The van der Waals surface area contributed by atoms with Crippen LogP contribution in [0.5, 0.6) is 0 Å². The minimum atomic E-state index is -4.59. The average Bonchev–Trinajstić information content (AvgIpc) is 3.56. The largest absolute Gasteiger partial charge is 0.418 e. The number of nitrogens with one attached hydrogen (secondary N) is 1. The third-order valence-corrected chi connectivity index (χ3v) is 7.51. The summed E-state index contributed by atoms with van der Waals surface area (Å²) in [7, 11) is 1.57. The average molecular weight is 548 g/mol. The topological polar surface area (TPSA) is 75.0 Å². The molecule has 0 unspecified atom stereocenters. The first kappa shape index (κ1) is 25.9. The number of aromatic amines is 1. The predicted octanol–water partition coefficient (Wildman–Crippen LogP) is 4.94. The van der Waals surface area contributed by atoms with Gasteiger partial charge in [0.15, 0.2) is 0 Å². The van der Waals surface area contributed by atoms with Gasteiger partial charge in [0.1, 0.15) is 5.65 Å². The smallest absolute Gasteiger partial charge is 0.368 e. The van der Waals surface area contributed by atoms with Crippen LogP contribution in [0.4, 0.5) is 18.9 Å². The summed E-state index contributed by atoms with van der Waals surface area (Å²) in [5.74, 6) is 0. The minimum Gasteiger partial charge on any atom is -0.368 e. The first-order chi connectivity index (χ1) is 19.2. The van der Waals surface area contributed by atoms with E-state index < -0.39 is 17.4 Å². The highest BCUT2D eigenvalue weighted by molar-refractivity contribution is 5.82. The van der Waals surface area contributed by atoms with Gasteiger partial charge < -0.3 is 19.4 Å². The lowest BCUT2D eigenvalue weighted by Crippen LogP contribution is -2.46. The van der Waals surface area contributed by atoms with Gasteiger partial charge in [0.05, 0.1) is 22.6 Å². The molecule has 6 rings (SSSR count). The molecule has 0 atom stereocenters. The van der Waals surface area contributed by atoms with Crippen LogP contribution >= 0.6 is 0 Å². The van der Waals surface area contributed by atoms with Crippen LogP contribution in [0.1, 0.15) is 12.5 Å². The zero-order valence-corrected chi connectivity index (χ0v) is 22.1. The van der Waals surface area contributed by atoms with Crippen molar-refractivity contribution in [2.24, 2.45) is 7.05 Å².